The second-order valence-electron chi connectivity index (χ2n) is 4.53. The summed E-state index contributed by atoms with van der Waals surface area (Å²) >= 11 is 0. The third kappa shape index (κ3) is 2.91. The van der Waals surface area contributed by atoms with E-state index in [0.717, 1.165) is 23.3 Å². The van der Waals surface area contributed by atoms with Gasteiger partial charge < -0.3 is 15.2 Å². The van der Waals surface area contributed by atoms with Gasteiger partial charge in [0.05, 0.1) is 12.1 Å². The molecule has 0 amide bonds. The van der Waals surface area contributed by atoms with Crippen molar-refractivity contribution < 1.29 is 4.52 Å². The second-order valence-corrected chi connectivity index (χ2v) is 4.53. The van der Waals surface area contributed by atoms with Crippen LogP contribution in [0, 0.1) is 6.92 Å². The summed E-state index contributed by atoms with van der Waals surface area (Å²) in [6.45, 7) is 4.98. The maximum Gasteiger partial charge on any atom is 0.245 e. The van der Waals surface area contributed by atoms with Gasteiger partial charge >= 0.3 is 0 Å². The van der Waals surface area contributed by atoms with Gasteiger partial charge in [-0.3, -0.25) is 0 Å². The van der Waals surface area contributed by atoms with E-state index < -0.39 is 0 Å². The fourth-order valence-corrected chi connectivity index (χ4v) is 2.02. The molecule has 0 saturated carbocycles. The van der Waals surface area contributed by atoms with Crippen molar-refractivity contribution in [1.82, 2.24) is 20.1 Å². The highest BCUT2D eigenvalue weighted by Gasteiger charge is 2.08. The molecule has 21 heavy (non-hydrogen) atoms. The van der Waals surface area contributed by atoms with Gasteiger partial charge in [-0.2, -0.15) is 9.97 Å². The molecule has 0 atom stereocenters. The Morgan fingerprint density at radius 3 is 2.71 bits per heavy atom. The van der Waals surface area contributed by atoms with E-state index in [1.165, 1.54) is 0 Å². The molecule has 0 unspecified atom stereocenters. The molecule has 7 heteroatoms. The molecule has 2 heterocycles. The van der Waals surface area contributed by atoms with E-state index in [4.69, 9.17) is 4.52 Å². The van der Waals surface area contributed by atoms with Crippen LogP contribution in [-0.2, 0) is 6.54 Å². The zero-order valence-electron chi connectivity index (χ0n) is 11.9. The summed E-state index contributed by atoms with van der Waals surface area (Å²) in [5, 5.41) is 11.1. The SMILES string of the molecule is CCNc1nc(NCc2nc(C)no2)c2ccccc2n1. The quantitative estimate of drug-likeness (QED) is 0.743. The molecular formula is C14H16N6O. The molecule has 3 aromatic rings. The standard InChI is InChI=1S/C14H16N6O/c1-3-15-14-18-11-7-5-4-6-10(11)13(19-14)16-8-12-17-9(2)20-21-12/h4-7H,3,8H2,1-2H3,(H2,15,16,18,19). The van der Waals surface area contributed by atoms with E-state index in [-0.39, 0.29) is 0 Å². The summed E-state index contributed by atoms with van der Waals surface area (Å²) in [7, 11) is 0. The van der Waals surface area contributed by atoms with Gasteiger partial charge in [0.15, 0.2) is 5.82 Å². The number of rotatable bonds is 5. The predicted octanol–water partition coefficient (Wildman–Crippen LogP) is 2.37. The van der Waals surface area contributed by atoms with Crippen molar-refractivity contribution in [2.75, 3.05) is 17.2 Å². The zero-order valence-corrected chi connectivity index (χ0v) is 11.9. The number of hydrogen-bond donors (Lipinski definition) is 2. The van der Waals surface area contributed by atoms with Crippen molar-refractivity contribution in [3.05, 3.63) is 36.0 Å². The lowest BCUT2D eigenvalue weighted by molar-refractivity contribution is 0.379. The number of benzene rings is 1. The number of hydrogen-bond acceptors (Lipinski definition) is 7. The molecule has 2 N–H and O–H groups in total. The van der Waals surface area contributed by atoms with Crippen molar-refractivity contribution in [2.45, 2.75) is 20.4 Å². The number of anilines is 2. The second kappa shape index (κ2) is 5.74. The van der Waals surface area contributed by atoms with E-state index in [1.807, 2.05) is 31.2 Å². The molecule has 7 nitrogen and oxygen atoms in total. The van der Waals surface area contributed by atoms with Crippen LogP contribution in [0.5, 0.6) is 0 Å². The van der Waals surface area contributed by atoms with Crippen LogP contribution in [0.1, 0.15) is 18.6 Å². The van der Waals surface area contributed by atoms with E-state index in [1.54, 1.807) is 6.92 Å². The summed E-state index contributed by atoms with van der Waals surface area (Å²) < 4.78 is 5.09. The number of fused-ring (bicyclic) bond motifs is 1. The van der Waals surface area contributed by atoms with Gasteiger partial charge in [-0.15, -0.1) is 0 Å². The highest BCUT2D eigenvalue weighted by atomic mass is 16.5. The number of para-hydroxylation sites is 1. The van der Waals surface area contributed by atoms with Crippen molar-refractivity contribution >= 4 is 22.7 Å². The number of aromatic nitrogens is 4. The van der Waals surface area contributed by atoms with Gasteiger partial charge in [0, 0.05) is 11.9 Å². The lowest BCUT2D eigenvalue weighted by Gasteiger charge is -2.09. The van der Waals surface area contributed by atoms with Crippen LogP contribution in [0.3, 0.4) is 0 Å². The molecule has 0 aliphatic rings. The Bertz CT molecular complexity index is 754. The first kappa shape index (κ1) is 13.3. The van der Waals surface area contributed by atoms with Crippen LogP contribution < -0.4 is 10.6 Å². The fourth-order valence-electron chi connectivity index (χ4n) is 2.02. The third-order valence-electron chi connectivity index (χ3n) is 2.91. The summed E-state index contributed by atoms with van der Waals surface area (Å²) in [5.74, 6) is 2.49. The molecule has 0 aliphatic heterocycles. The van der Waals surface area contributed by atoms with Crippen LogP contribution in [0.2, 0.25) is 0 Å². The monoisotopic (exact) mass is 284 g/mol. The average Bonchev–Trinajstić information content (AvgIpc) is 2.91. The molecule has 2 aromatic heterocycles. The topological polar surface area (TPSA) is 88.8 Å². The molecule has 0 aliphatic carbocycles. The minimum absolute atomic E-state index is 0.424. The summed E-state index contributed by atoms with van der Waals surface area (Å²) in [6, 6.07) is 7.85. The molecule has 3 rings (SSSR count). The van der Waals surface area contributed by atoms with Crippen molar-refractivity contribution in [3.63, 3.8) is 0 Å². The van der Waals surface area contributed by atoms with Crippen molar-refractivity contribution in [1.29, 1.82) is 0 Å². The van der Waals surface area contributed by atoms with E-state index >= 15 is 0 Å². The molecule has 0 spiro atoms. The zero-order chi connectivity index (χ0) is 14.7. The molecule has 0 fully saturated rings. The van der Waals surface area contributed by atoms with Crippen molar-refractivity contribution in [3.8, 4) is 0 Å². The highest BCUT2D eigenvalue weighted by molar-refractivity contribution is 5.89. The summed E-state index contributed by atoms with van der Waals surface area (Å²) in [4.78, 5) is 13.1. The van der Waals surface area contributed by atoms with Crippen molar-refractivity contribution in [2.24, 2.45) is 0 Å². The smallest absolute Gasteiger partial charge is 0.245 e. The molecule has 0 radical (unpaired) electrons. The normalized spacial score (nSPS) is 10.8. The Kier molecular flexibility index (Phi) is 3.63. The molecular weight excluding hydrogens is 268 g/mol. The van der Waals surface area contributed by atoms with E-state index in [0.29, 0.717) is 24.2 Å². The number of aryl methyl sites for hydroxylation is 1. The average molecular weight is 284 g/mol. The molecule has 108 valence electrons. The first-order valence-corrected chi connectivity index (χ1v) is 6.80. The van der Waals surface area contributed by atoms with Gasteiger partial charge in [-0.05, 0) is 26.0 Å². The predicted molar refractivity (Wildman–Crippen MR) is 80.1 cm³/mol. The largest absolute Gasteiger partial charge is 0.360 e. The highest BCUT2D eigenvalue weighted by Crippen LogP contribution is 2.22. The Hall–Kier alpha value is -2.70. The Morgan fingerprint density at radius 2 is 1.95 bits per heavy atom. The van der Waals surface area contributed by atoms with Gasteiger partial charge in [0.25, 0.3) is 0 Å². The molecule has 0 bridgehead atoms. The molecule has 1 aromatic carbocycles. The van der Waals surface area contributed by atoms with Gasteiger partial charge in [0.2, 0.25) is 11.8 Å². The van der Waals surface area contributed by atoms with Crippen LogP contribution in [-0.4, -0.2) is 26.7 Å². The maximum absolute atomic E-state index is 5.09. The van der Waals surface area contributed by atoms with Crippen LogP contribution in [0.15, 0.2) is 28.8 Å². The van der Waals surface area contributed by atoms with Gasteiger partial charge in [0.1, 0.15) is 5.82 Å². The first-order chi connectivity index (χ1) is 10.3. The lowest BCUT2D eigenvalue weighted by Crippen LogP contribution is -2.07. The summed E-state index contributed by atoms with van der Waals surface area (Å²) in [6.07, 6.45) is 0. The maximum atomic E-state index is 5.09. The number of nitrogens with one attached hydrogen (secondary N) is 2. The Balaban J connectivity index is 1.91. The van der Waals surface area contributed by atoms with Crippen LogP contribution in [0.4, 0.5) is 11.8 Å². The van der Waals surface area contributed by atoms with E-state index in [9.17, 15) is 0 Å². The minimum atomic E-state index is 0.424. The minimum Gasteiger partial charge on any atom is -0.360 e. The van der Waals surface area contributed by atoms with Gasteiger partial charge in [-0.1, -0.05) is 17.3 Å². The Labute approximate surface area is 121 Å². The van der Waals surface area contributed by atoms with Gasteiger partial charge in [-0.25, -0.2) is 4.98 Å². The summed E-state index contributed by atoms with van der Waals surface area (Å²) in [5.41, 5.74) is 0.882. The lowest BCUT2D eigenvalue weighted by atomic mass is 10.2. The Morgan fingerprint density at radius 1 is 1.10 bits per heavy atom. The first-order valence-electron chi connectivity index (χ1n) is 6.80. The molecule has 0 saturated heterocycles. The fraction of sp³-hybridized carbons (Fsp3) is 0.286. The van der Waals surface area contributed by atoms with Crippen LogP contribution >= 0.6 is 0 Å². The number of nitrogens with zero attached hydrogens (tertiary/aromatic N) is 4. The van der Waals surface area contributed by atoms with E-state index in [2.05, 4.69) is 30.7 Å². The third-order valence-corrected chi connectivity index (χ3v) is 2.91. The van der Waals surface area contributed by atoms with Crippen LogP contribution in [0.25, 0.3) is 10.9 Å².